The Balaban J connectivity index is 2.53. The highest BCUT2D eigenvalue weighted by Gasteiger charge is 2.44. The van der Waals surface area contributed by atoms with Gasteiger partial charge in [0.05, 0.1) is 52.4 Å². The highest BCUT2D eigenvalue weighted by atomic mass is 79.9. The maximum atomic E-state index is 13.1. The Hall–Kier alpha value is -3.21. The summed E-state index contributed by atoms with van der Waals surface area (Å²) in [6, 6.07) is 11.9. The van der Waals surface area contributed by atoms with Gasteiger partial charge in [-0.3, -0.25) is 15.0 Å². The van der Waals surface area contributed by atoms with E-state index >= 15 is 0 Å². The number of nitrogens with two attached hydrogens (primary N) is 1. The largest absolute Gasteiger partial charge is 0.466 e. The number of carbonyl (C=O) groups is 2. The zero-order chi connectivity index (χ0) is 26.0. The van der Waals surface area contributed by atoms with Gasteiger partial charge in [0.2, 0.25) is 0 Å². The first-order valence-electron chi connectivity index (χ1n) is 9.58. The fourth-order valence-corrected chi connectivity index (χ4v) is 6.45. The first-order chi connectivity index (χ1) is 16.6. The van der Waals surface area contributed by atoms with Crippen molar-refractivity contribution in [3.63, 3.8) is 0 Å². The van der Waals surface area contributed by atoms with E-state index in [1.165, 1.54) is 6.07 Å². The number of nitro groups is 1. The van der Waals surface area contributed by atoms with Crippen molar-refractivity contribution in [2.75, 3.05) is 19.1 Å². The molecule has 0 saturated carbocycles. The molecule has 3 rings (SSSR count). The maximum absolute atomic E-state index is 13.1. The topological polar surface area (TPSA) is 149 Å². The molecule has 0 spiro atoms. The van der Waals surface area contributed by atoms with Crippen LogP contribution in [0.4, 0.5) is 11.4 Å². The van der Waals surface area contributed by atoms with Crippen LogP contribution < -0.4 is 10.6 Å². The number of allylic oxidation sites excluding steroid dienone is 1. The Bertz CT molecular complexity index is 1350. The summed E-state index contributed by atoms with van der Waals surface area (Å²) in [5.74, 6) is -3.19. The number of benzene rings is 2. The predicted octanol–water partition coefficient (Wildman–Crippen LogP) is 4.78. The monoisotopic (exact) mass is 668 g/mol. The molecule has 0 radical (unpaired) electrons. The van der Waals surface area contributed by atoms with E-state index in [1.807, 2.05) is 6.07 Å². The molecule has 10 nitrogen and oxygen atoms in total. The van der Waals surface area contributed by atoms with Crippen LogP contribution >= 0.6 is 47.8 Å². The zero-order valence-corrected chi connectivity index (χ0v) is 22.8. The molecule has 2 N–H and O–H groups in total. The van der Waals surface area contributed by atoms with Crippen molar-refractivity contribution in [1.82, 2.24) is 0 Å². The van der Waals surface area contributed by atoms with Gasteiger partial charge in [0.15, 0.2) is 0 Å². The average Bonchev–Trinajstić information content (AvgIpc) is 2.83. The van der Waals surface area contributed by atoms with E-state index in [9.17, 15) is 25.0 Å². The van der Waals surface area contributed by atoms with Crippen LogP contribution in [0.25, 0.3) is 0 Å². The second-order valence-electron chi connectivity index (χ2n) is 6.94. The number of ether oxygens (including phenoxy) is 2. The van der Waals surface area contributed by atoms with Crippen molar-refractivity contribution < 1.29 is 24.0 Å². The lowest BCUT2D eigenvalue weighted by atomic mass is 9.81. The van der Waals surface area contributed by atoms with Gasteiger partial charge in [-0.1, -0.05) is 30.3 Å². The minimum absolute atomic E-state index is 0.00142. The van der Waals surface area contributed by atoms with Crippen LogP contribution in [0.15, 0.2) is 72.5 Å². The summed E-state index contributed by atoms with van der Waals surface area (Å²) in [5, 5.41) is 21.8. The number of rotatable bonds is 5. The third kappa shape index (κ3) is 4.56. The van der Waals surface area contributed by atoms with Gasteiger partial charge in [0.25, 0.3) is 5.69 Å². The van der Waals surface area contributed by atoms with E-state index < -0.39 is 22.8 Å². The average molecular weight is 671 g/mol. The molecule has 0 bridgehead atoms. The molecule has 35 heavy (non-hydrogen) atoms. The van der Waals surface area contributed by atoms with Crippen LogP contribution in [0.1, 0.15) is 11.5 Å². The van der Waals surface area contributed by atoms with E-state index in [4.69, 9.17) is 15.2 Å². The van der Waals surface area contributed by atoms with Crippen LogP contribution in [-0.2, 0) is 19.1 Å². The molecule has 180 valence electrons. The van der Waals surface area contributed by atoms with Gasteiger partial charge in [-0.25, -0.2) is 9.59 Å². The van der Waals surface area contributed by atoms with Gasteiger partial charge >= 0.3 is 11.9 Å². The van der Waals surface area contributed by atoms with Crippen LogP contribution in [-0.4, -0.2) is 31.1 Å². The van der Waals surface area contributed by atoms with E-state index in [0.717, 1.165) is 19.1 Å². The van der Waals surface area contributed by atoms with E-state index in [0.29, 0.717) is 5.56 Å². The summed E-state index contributed by atoms with van der Waals surface area (Å²) in [6.45, 7) is 0. The number of hydrogen-bond donors (Lipinski definition) is 1. The van der Waals surface area contributed by atoms with Gasteiger partial charge in [-0.15, -0.1) is 0 Å². The second kappa shape index (κ2) is 10.6. The number of anilines is 1. The normalized spacial score (nSPS) is 15.5. The summed E-state index contributed by atoms with van der Waals surface area (Å²) in [4.78, 5) is 38.4. The lowest BCUT2D eigenvalue weighted by molar-refractivity contribution is -0.386. The lowest BCUT2D eigenvalue weighted by Crippen LogP contribution is -2.41. The molecule has 2 aromatic carbocycles. The van der Waals surface area contributed by atoms with Crippen LogP contribution in [0.3, 0.4) is 0 Å². The molecule has 2 aromatic rings. The lowest BCUT2D eigenvalue weighted by Gasteiger charge is -2.36. The van der Waals surface area contributed by atoms with Crippen molar-refractivity contribution in [3.8, 4) is 6.07 Å². The fourth-order valence-electron chi connectivity index (χ4n) is 3.69. The Kier molecular flexibility index (Phi) is 7.99. The quantitative estimate of drug-likeness (QED) is 0.269. The van der Waals surface area contributed by atoms with Crippen LogP contribution in [0.2, 0.25) is 0 Å². The Morgan fingerprint density at radius 3 is 2.23 bits per heavy atom. The molecule has 0 aliphatic carbocycles. The SMILES string of the molecule is COC(=O)C1=C(C(=O)OC)N(c2c(Br)cc(Br)c([N+](=O)[O-])c2Br)C(N)=C(C#N)C1c1ccccc1. The first kappa shape index (κ1) is 26.4. The number of nitro benzene ring substituents is 1. The summed E-state index contributed by atoms with van der Waals surface area (Å²) >= 11 is 9.72. The molecule has 0 fully saturated rings. The molecule has 0 saturated heterocycles. The zero-order valence-electron chi connectivity index (χ0n) is 18.0. The van der Waals surface area contributed by atoms with Gasteiger partial charge < -0.3 is 15.2 Å². The van der Waals surface area contributed by atoms with Crippen molar-refractivity contribution in [1.29, 1.82) is 5.26 Å². The molecule has 0 aromatic heterocycles. The standard InChI is InChI=1S/C22H15Br3N4O6/c1-34-21(30)15-14(10-6-4-3-5-7-10)11(9-26)20(27)28(19(15)22(31)35-2)17-12(23)8-13(24)18(16(17)25)29(32)33/h3-8,14H,27H2,1-2H3. The van der Waals surface area contributed by atoms with Gasteiger partial charge in [-0.05, 0) is 59.4 Å². The van der Waals surface area contributed by atoms with Crippen molar-refractivity contribution in [2.24, 2.45) is 5.73 Å². The minimum Gasteiger partial charge on any atom is -0.466 e. The molecule has 1 aliphatic rings. The van der Waals surface area contributed by atoms with E-state index in [2.05, 4.69) is 47.8 Å². The summed E-state index contributed by atoms with van der Waals surface area (Å²) < 4.78 is 10.3. The van der Waals surface area contributed by atoms with E-state index in [-0.39, 0.29) is 47.5 Å². The highest BCUT2D eigenvalue weighted by Crippen LogP contribution is 2.50. The number of methoxy groups -OCH3 is 2. The molecule has 0 amide bonds. The van der Waals surface area contributed by atoms with Crippen molar-refractivity contribution >= 4 is 71.1 Å². The predicted molar refractivity (Wildman–Crippen MR) is 136 cm³/mol. The summed E-state index contributed by atoms with van der Waals surface area (Å²) in [7, 11) is 2.23. The molecule has 1 heterocycles. The molecule has 13 heteroatoms. The summed E-state index contributed by atoms with van der Waals surface area (Å²) in [5.41, 5.74) is 5.91. The second-order valence-corrected chi connectivity index (χ2v) is 9.45. The number of hydrogen-bond acceptors (Lipinski definition) is 9. The fraction of sp³-hybridized carbons (Fsp3) is 0.136. The minimum atomic E-state index is -1.07. The number of nitrogens with zero attached hydrogens (tertiary/aromatic N) is 3. The number of halogens is 3. The van der Waals surface area contributed by atoms with Crippen LogP contribution in [0.5, 0.6) is 0 Å². The van der Waals surface area contributed by atoms with Gasteiger partial charge in [-0.2, -0.15) is 5.26 Å². The number of esters is 2. The number of nitriles is 1. The van der Waals surface area contributed by atoms with Crippen LogP contribution in [0, 0.1) is 21.4 Å². The molecular weight excluding hydrogens is 656 g/mol. The van der Waals surface area contributed by atoms with E-state index in [1.54, 1.807) is 30.3 Å². The smallest absolute Gasteiger partial charge is 0.355 e. The third-order valence-electron chi connectivity index (χ3n) is 5.14. The maximum Gasteiger partial charge on any atom is 0.355 e. The Labute approximate surface area is 224 Å². The molecule has 1 aliphatic heterocycles. The summed E-state index contributed by atoms with van der Waals surface area (Å²) in [6.07, 6.45) is 0. The highest BCUT2D eigenvalue weighted by molar-refractivity contribution is 9.11. The Morgan fingerprint density at radius 1 is 1.11 bits per heavy atom. The molecule has 1 unspecified atom stereocenters. The molecule has 1 atom stereocenters. The Morgan fingerprint density at radius 2 is 1.71 bits per heavy atom. The third-order valence-corrected chi connectivity index (χ3v) is 7.10. The van der Waals surface area contributed by atoms with Gasteiger partial charge in [0, 0.05) is 4.47 Å². The van der Waals surface area contributed by atoms with Crippen molar-refractivity contribution in [3.05, 3.63) is 88.2 Å². The van der Waals surface area contributed by atoms with Crippen molar-refractivity contribution in [2.45, 2.75) is 5.92 Å². The first-order valence-corrected chi connectivity index (χ1v) is 12.0. The van der Waals surface area contributed by atoms with Gasteiger partial charge in [0.1, 0.15) is 16.0 Å². The number of carbonyl (C=O) groups excluding carboxylic acids is 2. The molecular formula is C22H15Br3N4O6.